The van der Waals surface area contributed by atoms with E-state index in [0.29, 0.717) is 4.47 Å². The Morgan fingerprint density at radius 1 is 1.04 bits per heavy atom. The highest BCUT2D eigenvalue weighted by molar-refractivity contribution is 9.10. The smallest absolute Gasteiger partial charge is 0.269 e. The number of carbonyl (C=O) groups is 1. The molecule has 3 rings (SSSR count). The van der Waals surface area contributed by atoms with E-state index in [1.165, 1.54) is 42.7 Å². The molecule has 0 radical (unpaired) electrons. The molecule has 2 aromatic carbocycles. The molecule has 0 bridgehead atoms. The van der Waals surface area contributed by atoms with E-state index in [-0.39, 0.29) is 28.6 Å². The first kappa shape index (κ1) is 18.5. The third-order valence-corrected chi connectivity index (χ3v) is 3.96. The Bertz CT molecular complexity index is 984. The van der Waals surface area contributed by atoms with Gasteiger partial charge in [0.15, 0.2) is 11.6 Å². The molecule has 0 saturated carbocycles. The van der Waals surface area contributed by atoms with Crippen molar-refractivity contribution in [1.29, 1.82) is 0 Å². The predicted molar refractivity (Wildman–Crippen MR) is 101 cm³/mol. The number of nitrogen functional groups attached to an aromatic ring is 1. The molecule has 10 heteroatoms. The van der Waals surface area contributed by atoms with Gasteiger partial charge in [0.2, 0.25) is 0 Å². The number of nitrogens with two attached hydrogens (primary N) is 1. The highest BCUT2D eigenvalue weighted by atomic mass is 79.9. The van der Waals surface area contributed by atoms with Crippen molar-refractivity contribution in [2.75, 3.05) is 16.5 Å². The van der Waals surface area contributed by atoms with E-state index in [9.17, 15) is 13.6 Å². The van der Waals surface area contributed by atoms with Crippen LogP contribution in [0.15, 0.2) is 53.3 Å². The van der Waals surface area contributed by atoms with Gasteiger partial charge in [-0.3, -0.25) is 15.6 Å². The molecule has 27 heavy (non-hydrogen) atoms. The van der Waals surface area contributed by atoms with Gasteiger partial charge in [-0.1, -0.05) is 15.9 Å². The maximum Gasteiger partial charge on any atom is 0.269 e. The van der Waals surface area contributed by atoms with Crippen LogP contribution in [-0.4, -0.2) is 15.9 Å². The summed E-state index contributed by atoms with van der Waals surface area (Å²) in [6, 6.07) is 9.47. The summed E-state index contributed by atoms with van der Waals surface area (Å²) < 4.78 is 27.5. The summed E-state index contributed by atoms with van der Waals surface area (Å²) in [5.41, 5.74) is 11.4. The average molecular weight is 435 g/mol. The number of aromatic nitrogens is 2. The van der Waals surface area contributed by atoms with Crippen LogP contribution >= 0.6 is 15.9 Å². The number of hydrogen-bond acceptors (Lipinski definition) is 6. The number of halogens is 3. The van der Waals surface area contributed by atoms with E-state index >= 15 is 0 Å². The van der Waals surface area contributed by atoms with Crippen molar-refractivity contribution < 1.29 is 13.6 Å². The number of anilines is 4. The Hall–Kier alpha value is -3.27. The second-order valence-electron chi connectivity index (χ2n) is 5.32. The third-order valence-electron chi connectivity index (χ3n) is 3.47. The number of hydrazine groups is 1. The van der Waals surface area contributed by atoms with Gasteiger partial charge in [-0.15, -0.1) is 0 Å². The van der Waals surface area contributed by atoms with Crippen LogP contribution in [0.3, 0.4) is 0 Å². The Labute approximate surface area is 161 Å². The SMILES string of the molecule is Nc1c(NNC(=O)c2ccc(F)cc2)ncnc1Nc1ccc(Br)cc1F. The molecule has 0 spiro atoms. The lowest BCUT2D eigenvalue weighted by molar-refractivity contribution is 0.0962. The van der Waals surface area contributed by atoms with Crippen LogP contribution in [0.1, 0.15) is 10.4 Å². The van der Waals surface area contributed by atoms with Gasteiger partial charge in [-0.05, 0) is 42.5 Å². The fourth-order valence-corrected chi connectivity index (χ4v) is 2.44. The molecule has 1 heterocycles. The van der Waals surface area contributed by atoms with Crippen LogP contribution in [0.25, 0.3) is 0 Å². The maximum absolute atomic E-state index is 14.0. The van der Waals surface area contributed by atoms with E-state index in [1.54, 1.807) is 6.07 Å². The zero-order valence-electron chi connectivity index (χ0n) is 13.6. The zero-order chi connectivity index (χ0) is 19.4. The fraction of sp³-hybridized carbons (Fsp3) is 0. The van der Waals surface area contributed by atoms with E-state index in [2.05, 4.69) is 42.1 Å². The summed E-state index contributed by atoms with van der Waals surface area (Å²) in [5.74, 6) is -1.19. The monoisotopic (exact) mass is 434 g/mol. The number of benzene rings is 2. The standard InChI is InChI=1S/C17H13BrF2N6O/c18-10-3-6-13(12(20)7-10)24-15-14(21)16(23-8-22-15)25-26-17(27)9-1-4-11(19)5-2-9/h1-8H,21H2,(H,26,27)(H2,22,23,24,25). The lowest BCUT2D eigenvalue weighted by atomic mass is 10.2. The van der Waals surface area contributed by atoms with Crippen molar-refractivity contribution in [3.05, 3.63) is 70.5 Å². The first-order chi connectivity index (χ1) is 12.9. The summed E-state index contributed by atoms with van der Waals surface area (Å²) >= 11 is 3.18. The van der Waals surface area contributed by atoms with E-state index in [1.807, 2.05) is 0 Å². The molecule has 3 aromatic rings. The van der Waals surface area contributed by atoms with Gasteiger partial charge < -0.3 is 11.1 Å². The molecule has 0 aliphatic carbocycles. The highest BCUT2D eigenvalue weighted by Crippen LogP contribution is 2.27. The molecule has 0 aliphatic heterocycles. The van der Waals surface area contributed by atoms with Crippen LogP contribution in [0.5, 0.6) is 0 Å². The molecule has 0 aliphatic rings. The number of amides is 1. The second-order valence-corrected chi connectivity index (χ2v) is 6.24. The molecule has 5 N–H and O–H groups in total. The Morgan fingerprint density at radius 2 is 1.74 bits per heavy atom. The first-order valence-electron chi connectivity index (χ1n) is 7.58. The van der Waals surface area contributed by atoms with E-state index in [4.69, 9.17) is 5.73 Å². The summed E-state index contributed by atoms with van der Waals surface area (Å²) in [7, 11) is 0. The second kappa shape index (κ2) is 7.96. The molecule has 1 amide bonds. The molecule has 0 atom stereocenters. The van der Waals surface area contributed by atoms with Crippen molar-refractivity contribution in [1.82, 2.24) is 15.4 Å². The zero-order valence-corrected chi connectivity index (χ0v) is 15.2. The molecule has 138 valence electrons. The Balaban J connectivity index is 1.72. The van der Waals surface area contributed by atoms with Gasteiger partial charge in [0, 0.05) is 10.0 Å². The van der Waals surface area contributed by atoms with Crippen LogP contribution in [-0.2, 0) is 0 Å². The number of rotatable bonds is 5. The highest BCUT2D eigenvalue weighted by Gasteiger charge is 2.12. The van der Waals surface area contributed by atoms with Gasteiger partial charge in [0.1, 0.15) is 23.6 Å². The topological polar surface area (TPSA) is 105 Å². The normalized spacial score (nSPS) is 10.3. The van der Waals surface area contributed by atoms with Crippen LogP contribution in [0.2, 0.25) is 0 Å². The summed E-state index contributed by atoms with van der Waals surface area (Å²) in [6.45, 7) is 0. The first-order valence-corrected chi connectivity index (χ1v) is 8.38. The molecule has 1 aromatic heterocycles. The van der Waals surface area contributed by atoms with Crippen molar-refractivity contribution in [2.45, 2.75) is 0 Å². The Morgan fingerprint density at radius 3 is 2.44 bits per heavy atom. The predicted octanol–water partition coefficient (Wildman–Crippen LogP) is 3.60. The fourth-order valence-electron chi connectivity index (χ4n) is 2.10. The maximum atomic E-state index is 14.0. The lowest BCUT2D eigenvalue weighted by Crippen LogP contribution is -2.30. The van der Waals surface area contributed by atoms with Crippen molar-refractivity contribution in [3.8, 4) is 0 Å². The molecular weight excluding hydrogens is 422 g/mol. The number of carbonyl (C=O) groups excluding carboxylic acids is 1. The van der Waals surface area contributed by atoms with Crippen molar-refractivity contribution in [2.24, 2.45) is 0 Å². The van der Waals surface area contributed by atoms with Gasteiger partial charge in [-0.25, -0.2) is 18.7 Å². The number of nitrogens with zero attached hydrogens (tertiary/aromatic N) is 2. The minimum absolute atomic E-state index is 0.0687. The van der Waals surface area contributed by atoms with Gasteiger partial charge in [0.05, 0.1) is 5.69 Å². The van der Waals surface area contributed by atoms with Crippen LogP contribution < -0.4 is 21.9 Å². The van der Waals surface area contributed by atoms with Gasteiger partial charge in [-0.2, -0.15) is 0 Å². The number of nitrogens with one attached hydrogen (secondary N) is 3. The largest absolute Gasteiger partial charge is 0.393 e. The van der Waals surface area contributed by atoms with Crippen LogP contribution in [0.4, 0.5) is 31.8 Å². The van der Waals surface area contributed by atoms with Gasteiger partial charge >= 0.3 is 0 Å². The van der Waals surface area contributed by atoms with E-state index < -0.39 is 17.5 Å². The molecule has 7 nitrogen and oxygen atoms in total. The molecule has 0 saturated heterocycles. The van der Waals surface area contributed by atoms with E-state index in [0.717, 1.165) is 0 Å². The molecular formula is C17H13BrF2N6O. The quantitative estimate of drug-likeness (QED) is 0.457. The minimum Gasteiger partial charge on any atom is -0.393 e. The average Bonchev–Trinajstić information content (AvgIpc) is 2.65. The summed E-state index contributed by atoms with van der Waals surface area (Å²) in [4.78, 5) is 19.9. The third kappa shape index (κ3) is 4.47. The Kier molecular flexibility index (Phi) is 5.46. The lowest BCUT2D eigenvalue weighted by Gasteiger charge is -2.13. The van der Waals surface area contributed by atoms with Crippen molar-refractivity contribution in [3.63, 3.8) is 0 Å². The van der Waals surface area contributed by atoms with Crippen molar-refractivity contribution >= 4 is 44.8 Å². The minimum atomic E-state index is -0.513. The summed E-state index contributed by atoms with van der Waals surface area (Å²) in [6.07, 6.45) is 1.20. The van der Waals surface area contributed by atoms with Gasteiger partial charge in [0.25, 0.3) is 5.91 Å². The molecule has 0 unspecified atom stereocenters. The molecule has 0 fully saturated rings. The van der Waals surface area contributed by atoms with Crippen LogP contribution in [0, 0.1) is 11.6 Å². The summed E-state index contributed by atoms with van der Waals surface area (Å²) in [5, 5.41) is 2.77. The number of hydrogen-bond donors (Lipinski definition) is 4.